The van der Waals surface area contributed by atoms with E-state index in [1.807, 2.05) is 61.5 Å². The SMILES string of the molecule is CCCCC(O)C(CC1CC1)C(=O)NC1N=C(C)c2ccccc2N(Cc2ccccc2)C1=O. The highest BCUT2D eigenvalue weighted by Gasteiger charge is 2.37. The third-order valence-corrected chi connectivity index (χ3v) is 6.81. The fraction of sp³-hybridized carbons (Fsp3) is 0.464. The molecule has 6 nitrogen and oxygen atoms in total. The molecule has 180 valence electrons. The van der Waals surface area contributed by atoms with Crippen molar-refractivity contribution < 1.29 is 14.7 Å². The molecule has 2 aromatic rings. The first-order chi connectivity index (χ1) is 16.5. The van der Waals surface area contributed by atoms with Crippen molar-refractivity contribution in [3.8, 4) is 0 Å². The number of aliphatic hydroxyl groups is 1. The third-order valence-electron chi connectivity index (χ3n) is 6.81. The van der Waals surface area contributed by atoms with Crippen molar-refractivity contribution >= 4 is 23.2 Å². The van der Waals surface area contributed by atoms with Gasteiger partial charge in [-0.05, 0) is 37.3 Å². The number of para-hydroxylation sites is 1. The third kappa shape index (κ3) is 5.73. The van der Waals surface area contributed by atoms with Gasteiger partial charge >= 0.3 is 0 Å². The Balaban J connectivity index is 1.59. The topological polar surface area (TPSA) is 82.0 Å². The number of hydrogen-bond donors (Lipinski definition) is 2. The lowest BCUT2D eigenvalue weighted by atomic mass is 9.91. The van der Waals surface area contributed by atoms with Crippen LogP contribution in [0, 0.1) is 11.8 Å². The highest BCUT2D eigenvalue weighted by atomic mass is 16.3. The summed E-state index contributed by atoms with van der Waals surface area (Å²) in [5.41, 5.74) is 3.36. The zero-order valence-corrected chi connectivity index (χ0v) is 20.1. The molecule has 0 radical (unpaired) electrons. The molecule has 1 aliphatic heterocycles. The number of anilines is 1. The number of unbranched alkanes of at least 4 members (excludes halogenated alkanes) is 1. The molecule has 2 aliphatic rings. The fourth-order valence-electron chi connectivity index (χ4n) is 4.63. The molecule has 1 heterocycles. The second-order valence-electron chi connectivity index (χ2n) is 9.55. The standard InChI is InChI=1S/C28H35N3O3/c1-3-4-14-25(32)23(17-20-15-16-20)27(33)30-26-28(34)31(18-21-10-6-5-7-11-21)24-13-9-8-12-22(24)19(2)29-26/h5-13,20,23,25-26,32H,3-4,14-18H2,1-2H3,(H,30,33). The number of aliphatic imine (C=N–C) groups is 1. The van der Waals surface area contributed by atoms with Crippen LogP contribution in [0.3, 0.4) is 0 Å². The van der Waals surface area contributed by atoms with E-state index in [2.05, 4.69) is 17.2 Å². The molecule has 34 heavy (non-hydrogen) atoms. The number of rotatable bonds is 10. The van der Waals surface area contributed by atoms with Crippen LogP contribution in [0.1, 0.15) is 63.5 Å². The van der Waals surface area contributed by atoms with Crippen molar-refractivity contribution in [1.29, 1.82) is 0 Å². The fourth-order valence-corrected chi connectivity index (χ4v) is 4.63. The summed E-state index contributed by atoms with van der Waals surface area (Å²) in [4.78, 5) is 33.5. The number of benzene rings is 2. The molecular weight excluding hydrogens is 426 g/mol. The van der Waals surface area contributed by atoms with Crippen molar-refractivity contribution in [2.75, 3.05) is 4.90 Å². The highest BCUT2D eigenvalue weighted by Crippen LogP contribution is 2.37. The van der Waals surface area contributed by atoms with E-state index >= 15 is 0 Å². The summed E-state index contributed by atoms with van der Waals surface area (Å²) in [6.45, 7) is 4.33. The van der Waals surface area contributed by atoms with Crippen LogP contribution in [0.5, 0.6) is 0 Å². The molecule has 0 spiro atoms. The van der Waals surface area contributed by atoms with Gasteiger partial charge in [0.15, 0.2) is 0 Å². The maximum atomic E-state index is 13.7. The maximum absolute atomic E-state index is 13.7. The van der Waals surface area contributed by atoms with Crippen molar-refractivity contribution in [2.45, 2.75) is 71.2 Å². The van der Waals surface area contributed by atoms with Gasteiger partial charge in [-0.2, -0.15) is 0 Å². The van der Waals surface area contributed by atoms with Gasteiger partial charge in [0.05, 0.1) is 24.3 Å². The van der Waals surface area contributed by atoms with Crippen LogP contribution in [0.2, 0.25) is 0 Å². The number of aliphatic hydroxyl groups excluding tert-OH is 1. The van der Waals surface area contributed by atoms with Gasteiger partial charge in [0.2, 0.25) is 12.1 Å². The average molecular weight is 462 g/mol. The van der Waals surface area contributed by atoms with Crippen LogP contribution in [0.25, 0.3) is 0 Å². The van der Waals surface area contributed by atoms with Crippen LogP contribution in [-0.2, 0) is 16.1 Å². The highest BCUT2D eigenvalue weighted by molar-refractivity contribution is 6.12. The van der Waals surface area contributed by atoms with E-state index in [0.29, 0.717) is 31.0 Å². The summed E-state index contributed by atoms with van der Waals surface area (Å²) in [6.07, 6.45) is 3.56. The number of amides is 2. The molecule has 0 saturated heterocycles. The number of fused-ring (bicyclic) bond motifs is 1. The number of benzodiazepines with no additional fused rings is 1. The molecule has 3 atom stereocenters. The van der Waals surface area contributed by atoms with Gasteiger partial charge < -0.3 is 15.3 Å². The zero-order valence-electron chi connectivity index (χ0n) is 20.1. The molecule has 2 amide bonds. The molecule has 0 bridgehead atoms. The second-order valence-corrected chi connectivity index (χ2v) is 9.55. The summed E-state index contributed by atoms with van der Waals surface area (Å²) in [5.74, 6) is -0.581. The van der Waals surface area contributed by atoms with Gasteiger partial charge in [-0.1, -0.05) is 81.1 Å². The lowest BCUT2D eigenvalue weighted by molar-refractivity contribution is -0.133. The minimum absolute atomic E-state index is 0.269. The van der Waals surface area contributed by atoms with E-state index in [1.54, 1.807) is 4.90 Å². The smallest absolute Gasteiger partial charge is 0.272 e. The predicted molar refractivity (Wildman–Crippen MR) is 135 cm³/mol. The van der Waals surface area contributed by atoms with E-state index in [0.717, 1.165) is 42.5 Å². The van der Waals surface area contributed by atoms with Crippen LogP contribution < -0.4 is 10.2 Å². The summed E-state index contributed by atoms with van der Waals surface area (Å²) in [7, 11) is 0. The molecule has 2 N–H and O–H groups in total. The molecule has 1 aliphatic carbocycles. The number of carbonyl (C=O) groups is 2. The maximum Gasteiger partial charge on any atom is 0.272 e. The normalized spacial score (nSPS) is 19.6. The summed E-state index contributed by atoms with van der Waals surface area (Å²) in [6, 6.07) is 17.5. The van der Waals surface area contributed by atoms with Crippen molar-refractivity contribution in [2.24, 2.45) is 16.8 Å². The lowest BCUT2D eigenvalue weighted by Gasteiger charge is -2.27. The molecule has 1 saturated carbocycles. The van der Waals surface area contributed by atoms with Crippen LogP contribution >= 0.6 is 0 Å². The Hall–Kier alpha value is -2.99. The zero-order chi connectivity index (χ0) is 24.1. The van der Waals surface area contributed by atoms with Crippen LogP contribution in [-0.4, -0.2) is 34.9 Å². The van der Waals surface area contributed by atoms with E-state index in [4.69, 9.17) is 0 Å². The molecule has 1 fully saturated rings. The minimum Gasteiger partial charge on any atom is -0.392 e. The van der Waals surface area contributed by atoms with Gasteiger partial charge in [0, 0.05) is 11.3 Å². The molecule has 3 unspecified atom stereocenters. The van der Waals surface area contributed by atoms with E-state index < -0.39 is 18.2 Å². The summed E-state index contributed by atoms with van der Waals surface area (Å²) >= 11 is 0. The second kappa shape index (κ2) is 11.0. The Morgan fingerprint density at radius 3 is 2.56 bits per heavy atom. The van der Waals surface area contributed by atoms with Crippen LogP contribution in [0.4, 0.5) is 5.69 Å². The Morgan fingerprint density at radius 2 is 1.85 bits per heavy atom. The lowest BCUT2D eigenvalue weighted by Crippen LogP contribution is -2.50. The van der Waals surface area contributed by atoms with Gasteiger partial charge in [0.25, 0.3) is 5.91 Å². The first-order valence-electron chi connectivity index (χ1n) is 12.5. The average Bonchev–Trinajstić information content (AvgIpc) is 3.68. The van der Waals surface area contributed by atoms with Gasteiger partial charge in [-0.3, -0.25) is 14.6 Å². The van der Waals surface area contributed by atoms with E-state index in [-0.39, 0.29) is 11.8 Å². The summed E-state index contributed by atoms with van der Waals surface area (Å²) in [5, 5.41) is 13.7. The number of nitrogens with zero attached hydrogens (tertiary/aromatic N) is 2. The molecule has 0 aromatic heterocycles. The summed E-state index contributed by atoms with van der Waals surface area (Å²) < 4.78 is 0. The largest absolute Gasteiger partial charge is 0.392 e. The van der Waals surface area contributed by atoms with E-state index in [9.17, 15) is 14.7 Å². The molecular formula is C28H35N3O3. The van der Waals surface area contributed by atoms with Gasteiger partial charge in [-0.15, -0.1) is 0 Å². The Bertz CT molecular complexity index is 1030. The van der Waals surface area contributed by atoms with Gasteiger partial charge in [0.1, 0.15) is 0 Å². The van der Waals surface area contributed by atoms with E-state index in [1.165, 1.54) is 0 Å². The van der Waals surface area contributed by atoms with Crippen molar-refractivity contribution in [3.05, 3.63) is 65.7 Å². The minimum atomic E-state index is -1.02. The molecule has 4 rings (SSSR count). The monoisotopic (exact) mass is 461 g/mol. The Morgan fingerprint density at radius 1 is 1.15 bits per heavy atom. The van der Waals surface area contributed by atoms with Crippen molar-refractivity contribution in [3.63, 3.8) is 0 Å². The Kier molecular flexibility index (Phi) is 7.78. The number of carbonyl (C=O) groups excluding carboxylic acids is 2. The molecule has 2 aromatic carbocycles. The van der Waals surface area contributed by atoms with Crippen LogP contribution in [0.15, 0.2) is 59.6 Å². The quantitative estimate of drug-likeness (QED) is 0.548. The predicted octanol–water partition coefficient (Wildman–Crippen LogP) is 4.45. The Labute approximate surface area is 202 Å². The van der Waals surface area contributed by atoms with Gasteiger partial charge in [-0.25, -0.2) is 0 Å². The van der Waals surface area contributed by atoms with Crippen molar-refractivity contribution in [1.82, 2.24) is 5.32 Å². The number of nitrogens with one attached hydrogen (secondary N) is 1. The molecule has 6 heteroatoms. The number of hydrogen-bond acceptors (Lipinski definition) is 4. The first kappa shape index (κ1) is 24.1. The first-order valence-corrected chi connectivity index (χ1v) is 12.5.